The predicted octanol–water partition coefficient (Wildman–Crippen LogP) is 4.08. The zero-order chi connectivity index (χ0) is 12.8. The maximum atomic E-state index is 13.3. The topological polar surface area (TPSA) is 21.3 Å². The van der Waals surface area contributed by atoms with Crippen LogP contribution < -0.4 is 10.1 Å². The van der Waals surface area contributed by atoms with E-state index in [0.717, 1.165) is 10.2 Å². The number of hydrogen-bond donors (Lipinski definition) is 1. The summed E-state index contributed by atoms with van der Waals surface area (Å²) < 4.78 is 19.6. The molecule has 0 spiro atoms. The molecule has 94 valence electrons. The second-order valence-corrected chi connectivity index (χ2v) is 4.54. The Morgan fingerprint density at radius 2 is 1.78 bits per heavy atom. The highest BCUT2D eigenvalue weighted by Crippen LogP contribution is 2.21. The van der Waals surface area contributed by atoms with E-state index in [0.29, 0.717) is 13.2 Å². The van der Waals surface area contributed by atoms with Crippen molar-refractivity contribution >= 4 is 21.6 Å². The van der Waals surface area contributed by atoms with Crippen molar-refractivity contribution in [2.75, 3.05) is 18.5 Å². The van der Waals surface area contributed by atoms with Crippen LogP contribution in [0, 0.1) is 5.82 Å². The van der Waals surface area contributed by atoms with Gasteiger partial charge < -0.3 is 10.1 Å². The van der Waals surface area contributed by atoms with E-state index in [-0.39, 0.29) is 11.6 Å². The minimum Gasteiger partial charge on any atom is -0.489 e. The van der Waals surface area contributed by atoms with E-state index in [1.165, 1.54) is 6.07 Å². The SMILES string of the molecule is Fc1ccccc1OCCNc1ccccc1Br. The van der Waals surface area contributed by atoms with Gasteiger partial charge in [-0.15, -0.1) is 0 Å². The van der Waals surface area contributed by atoms with Crippen molar-refractivity contribution in [1.29, 1.82) is 0 Å². The molecule has 2 rings (SSSR count). The molecule has 0 aromatic heterocycles. The Kier molecular flexibility index (Phi) is 4.59. The number of ether oxygens (including phenoxy) is 1. The molecule has 0 bridgehead atoms. The van der Waals surface area contributed by atoms with Gasteiger partial charge in [0.05, 0.1) is 0 Å². The summed E-state index contributed by atoms with van der Waals surface area (Å²) in [6.45, 7) is 1.01. The van der Waals surface area contributed by atoms with Crippen molar-refractivity contribution in [3.63, 3.8) is 0 Å². The van der Waals surface area contributed by atoms with Crippen LogP contribution in [-0.4, -0.2) is 13.2 Å². The van der Waals surface area contributed by atoms with Gasteiger partial charge >= 0.3 is 0 Å². The van der Waals surface area contributed by atoms with Crippen molar-refractivity contribution in [1.82, 2.24) is 0 Å². The van der Waals surface area contributed by atoms with E-state index in [4.69, 9.17) is 4.74 Å². The Hall–Kier alpha value is -1.55. The third-order valence-electron chi connectivity index (χ3n) is 2.39. The number of para-hydroxylation sites is 2. The third-order valence-corrected chi connectivity index (χ3v) is 3.08. The molecule has 2 nitrogen and oxygen atoms in total. The molecule has 1 N–H and O–H groups in total. The predicted molar refractivity (Wildman–Crippen MR) is 74.5 cm³/mol. The van der Waals surface area contributed by atoms with E-state index in [1.54, 1.807) is 18.2 Å². The van der Waals surface area contributed by atoms with Crippen LogP contribution in [0.5, 0.6) is 5.75 Å². The minimum atomic E-state index is -0.335. The number of anilines is 1. The molecule has 0 aliphatic rings. The molecule has 0 saturated carbocycles. The fourth-order valence-electron chi connectivity index (χ4n) is 1.51. The number of rotatable bonds is 5. The van der Waals surface area contributed by atoms with Gasteiger partial charge in [-0.25, -0.2) is 4.39 Å². The van der Waals surface area contributed by atoms with Gasteiger partial charge in [-0.2, -0.15) is 0 Å². The van der Waals surface area contributed by atoms with Gasteiger partial charge in [-0.3, -0.25) is 0 Å². The third kappa shape index (κ3) is 3.47. The molecule has 0 saturated heterocycles. The fraction of sp³-hybridized carbons (Fsp3) is 0.143. The summed E-state index contributed by atoms with van der Waals surface area (Å²) in [6, 6.07) is 14.2. The van der Waals surface area contributed by atoms with Crippen LogP contribution in [0.1, 0.15) is 0 Å². The first kappa shape index (κ1) is 12.9. The molecule has 2 aromatic rings. The molecule has 0 fully saturated rings. The lowest BCUT2D eigenvalue weighted by Gasteiger charge is -2.10. The molecule has 0 aliphatic heterocycles. The molecular weight excluding hydrogens is 297 g/mol. The van der Waals surface area contributed by atoms with Crippen LogP contribution in [-0.2, 0) is 0 Å². The summed E-state index contributed by atoms with van der Waals surface area (Å²) in [6.07, 6.45) is 0. The highest BCUT2D eigenvalue weighted by Gasteiger charge is 2.01. The summed E-state index contributed by atoms with van der Waals surface area (Å²) in [7, 11) is 0. The van der Waals surface area contributed by atoms with Gasteiger partial charge in [-0.1, -0.05) is 24.3 Å². The van der Waals surface area contributed by atoms with E-state index < -0.39 is 0 Å². The van der Waals surface area contributed by atoms with E-state index in [2.05, 4.69) is 21.2 Å². The molecule has 0 radical (unpaired) electrons. The Morgan fingerprint density at radius 3 is 2.56 bits per heavy atom. The zero-order valence-electron chi connectivity index (χ0n) is 9.70. The highest BCUT2D eigenvalue weighted by molar-refractivity contribution is 9.10. The first-order valence-corrected chi connectivity index (χ1v) is 6.42. The summed E-state index contributed by atoms with van der Waals surface area (Å²) in [4.78, 5) is 0. The monoisotopic (exact) mass is 309 g/mol. The van der Waals surface area contributed by atoms with Crippen molar-refractivity contribution in [3.8, 4) is 5.75 Å². The molecule has 18 heavy (non-hydrogen) atoms. The maximum absolute atomic E-state index is 13.3. The molecule has 0 unspecified atom stereocenters. The number of benzene rings is 2. The average molecular weight is 310 g/mol. The van der Waals surface area contributed by atoms with E-state index in [9.17, 15) is 4.39 Å². The molecule has 2 aromatic carbocycles. The summed E-state index contributed by atoms with van der Waals surface area (Å²) in [5.41, 5.74) is 0.995. The first-order chi connectivity index (χ1) is 8.77. The van der Waals surface area contributed by atoms with Crippen LogP contribution in [0.4, 0.5) is 10.1 Å². The van der Waals surface area contributed by atoms with Gasteiger partial charge in [0, 0.05) is 16.7 Å². The van der Waals surface area contributed by atoms with Crippen molar-refractivity contribution < 1.29 is 9.13 Å². The molecule has 4 heteroatoms. The van der Waals surface area contributed by atoms with Crippen molar-refractivity contribution in [3.05, 3.63) is 58.8 Å². The van der Waals surface area contributed by atoms with Gasteiger partial charge in [0.15, 0.2) is 11.6 Å². The Bertz CT molecular complexity index is 471. The second-order valence-electron chi connectivity index (χ2n) is 3.69. The molecular formula is C14H13BrFNO. The van der Waals surface area contributed by atoms with Gasteiger partial charge in [0.1, 0.15) is 6.61 Å². The number of halogens is 2. The van der Waals surface area contributed by atoms with Crippen LogP contribution >= 0.6 is 15.9 Å². The lowest BCUT2D eigenvalue weighted by atomic mass is 10.3. The van der Waals surface area contributed by atoms with Crippen LogP contribution in [0.15, 0.2) is 53.0 Å². The number of nitrogens with one attached hydrogen (secondary N) is 1. The highest BCUT2D eigenvalue weighted by atomic mass is 79.9. The van der Waals surface area contributed by atoms with Crippen LogP contribution in [0.25, 0.3) is 0 Å². The van der Waals surface area contributed by atoms with Crippen molar-refractivity contribution in [2.45, 2.75) is 0 Å². The second kappa shape index (κ2) is 6.40. The summed E-state index contributed by atoms with van der Waals surface area (Å²) in [5, 5.41) is 3.21. The molecule has 0 atom stereocenters. The van der Waals surface area contributed by atoms with E-state index in [1.807, 2.05) is 24.3 Å². The standard InChI is InChI=1S/C14H13BrFNO/c15-11-5-1-3-7-13(11)17-9-10-18-14-8-4-2-6-12(14)16/h1-8,17H,9-10H2. The smallest absolute Gasteiger partial charge is 0.165 e. The summed E-state index contributed by atoms with van der Waals surface area (Å²) in [5.74, 6) is -0.0511. The zero-order valence-corrected chi connectivity index (χ0v) is 11.3. The van der Waals surface area contributed by atoms with Gasteiger partial charge in [0.2, 0.25) is 0 Å². The first-order valence-electron chi connectivity index (χ1n) is 5.63. The van der Waals surface area contributed by atoms with Crippen LogP contribution in [0.3, 0.4) is 0 Å². The number of hydrogen-bond acceptors (Lipinski definition) is 2. The molecule has 0 heterocycles. The fourth-order valence-corrected chi connectivity index (χ4v) is 1.94. The van der Waals surface area contributed by atoms with Crippen LogP contribution in [0.2, 0.25) is 0 Å². The van der Waals surface area contributed by atoms with E-state index >= 15 is 0 Å². The summed E-state index contributed by atoms with van der Waals surface area (Å²) >= 11 is 3.44. The Morgan fingerprint density at radius 1 is 1.06 bits per heavy atom. The van der Waals surface area contributed by atoms with Gasteiger partial charge in [0.25, 0.3) is 0 Å². The Balaban J connectivity index is 1.80. The maximum Gasteiger partial charge on any atom is 0.165 e. The Labute approximate surface area is 114 Å². The van der Waals surface area contributed by atoms with Gasteiger partial charge in [-0.05, 0) is 40.2 Å². The lowest BCUT2D eigenvalue weighted by molar-refractivity contribution is 0.315. The lowest BCUT2D eigenvalue weighted by Crippen LogP contribution is -2.12. The normalized spacial score (nSPS) is 10.1. The minimum absolute atomic E-state index is 0.284. The molecule has 0 amide bonds. The quantitative estimate of drug-likeness (QED) is 0.840. The van der Waals surface area contributed by atoms with Crippen molar-refractivity contribution in [2.24, 2.45) is 0 Å². The average Bonchev–Trinajstić information content (AvgIpc) is 2.38. The largest absolute Gasteiger partial charge is 0.489 e. The molecule has 0 aliphatic carbocycles.